The molecule has 0 saturated heterocycles. The summed E-state index contributed by atoms with van der Waals surface area (Å²) < 4.78 is 5.01. The fraction of sp³-hybridized carbons (Fsp3) is 0.0667. The smallest absolute Gasteiger partial charge is 0.321 e. The average molecular weight is 412 g/mol. The van der Waals surface area contributed by atoms with Gasteiger partial charge in [-0.3, -0.25) is 29.8 Å². The molecule has 27 heavy (non-hydrogen) atoms. The predicted molar refractivity (Wildman–Crippen MR) is 96.1 cm³/mol. The highest BCUT2D eigenvalue weighted by Gasteiger charge is 2.19. The minimum Gasteiger partial charge on any atom is -0.424 e. The highest BCUT2D eigenvalue weighted by Crippen LogP contribution is 2.32. The molecule has 0 unspecified atom stereocenters. The largest absolute Gasteiger partial charge is 0.424 e. The van der Waals surface area contributed by atoms with Crippen LogP contribution in [0.15, 0.2) is 41.3 Å². The molecule has 0 aromatic heterocycles. The zero-order valence-corrected chi connectivity index (χ0v) is 14.9. The number of ether oxygens (including phenoxy) is 1. The summed E-state index contributed by atoms with van der Waals surface area (Å²) >= 11 is 6.64. The zero-order valence-electron chi connectivity index (χ0n) is 13.3. The van der Waals surface area contributed by atoms with Crippen LogP contribution >= 0.6 is 23.4 Å². The van der Waals surface area contributed by atoms with E-state index in [0.29, 0.717) is 0 Å². The third kappa shape index (κ3) is 5.15. The zero-order chi connectivity index (χ0) is 20.1. The number of primary amides is 1. The number of nitrogens with zero attached hydrogens (tertiary/aromatic N) is 2. The van der Waals surface area contributed by atoms with Crippen molar-refractivity contribution in [1.82, 2.24) is 0 Å². The van der Waals surface area contributed by atoms with Crippen molar-refractivity contribution in [1.29, 1.82) is 0 Å². The molecule has 0 aliphatic carbocycles. The molecule has 2 N–H and O–H groups in total. The first-order valence-electron chi connectivity index (χ1n) is 7.04. The van der Waals surface area contributed by atoms with Crippen molar-refractivity contribution in [3.63, 3.8) is 0 Å². The summed E-state index contributed by atoms with van der Waals surface area (Å²) in [6, 6.07) is 6.95. The Kier molecular flexibility index (Phi) is 6.32. The Morgan fingerprint density at radius 1 is 1.11 bits per heavy atom. The lowest BCUT2D eigenvalue weighted by Gasteiger charge is -2.07. The van der Waals surface area contributed by atoms with Gasteiger partial charge in [0.2, 0.25) is 5.91 Å². The molecule has 1 amide bonds. The molecule has 0 radical (unpaired) electrons. The molecule has 12 heteroatoms. The fourth-order valence-corrected chi connectivity index (χ4v) is 2.90. The number of esters is 1. The molecule has 0 spiro atoms. The molecule has 0 bridgehead atoms. The van der Waals surface area contributed by atoms with E-state index in [0.717, 1.165) is 30.0 Å². The first-order valence-corrected chi connectivity index (χ1v) is 8.41. The number of thioether (sulfide) groups is 1. The molecule has 10 nitrogen and oxygen atoms in total. The van der Waals surface area contributed by atoms with E-state index in [1.165, 1.54) is 18.2 Å². The first kappa shape index (κ1) is 20.1. The number of rotatable bonds is 7. The van der Waals surface area contributed by atoms with Crippen LogP contribution in [0.3, 0.4) is 0 Å². The lowest BCUT2D eigenvalue weighted by Crippen LogP contribution is -2.12. The van der Waals surface area contributed by atoms with Crippen LogP contribution in [0.5, 0.6) is 5.75 Å². The van der Waals surface area contributed by atoms with Crippen LogP contribution in [0, 0.1) is 20.2 Å². The van der Waals surface area contributed by atoms with Gasteiger partial charge in [0, 0.05) is 23.8 Å². The van der Waals surface area contributed by atoms with E-state index in [2.05, 4.69) is 0 Å². The predicted octanol–water partition coefficient (Wildman–Crippen LogP) is 2.95. The van der Waals surface area contributed by atoms with Crippen molar-refractivity contribution in [2.24, 2.45) is 5.73 Å². The molecule has 2 aromatic rings. The fourth-order valence-electron chi connectivity index (χ4n) is 1.91. The van der Waals surface area contributed by atoms with Crippen molar-refractivity contribution in [3.8, 4) is 5.75 Å². The van der Waals surface area contributed by atoms with E-state index < -0.39 is 21.7 Å². The third-order valence-electron chi connectivity index (χ3n) is 3.14. The van der Waals surface area contributed by atoms with Gasteiger partial charge in [-0.25, -0.2) is 0 Å². The number of halogens is 1. The van der Waals surface area contributed by atoms with Crippen LogP contribution in [-0.2, 0) is 4.79 Å². The summed E-state index contributed by atoms with van der Waals surface area (Å²) in [5.41, 5.74) is 4.41. The Morgan fingerprint density at radius 2 is 1.81 bits per heavy atom. The van der Waals surface area contributed by atoms with Crippen LogP contribution in [0.2, 0.25) is 5.02 Å². The van der Waals surface area contributed by atoms with Crippen molar-refractivity contribution >= 4 is 46.6 Å². The molecule has 0 fully saturated rings. The first-order chi connectivity index (χ1) is 12.7. The van der Waals surface area contributed by atoms with Crippen molar-refractivity contribution in [2.45, 2.75) is 4.90 Å². The number of hydrogen-bond acceptors (Lipinski definition) is 8. The minimum absolute atomic E-state index is 0.0358. The number of carbonyl (C=O) groups is 2. The summed E-state index contributed by atoms with van der Waals surface area (Å²) in [4.78, 5) is 43.6. The van der Waals surface area contributed by atoms with Gasteiger partial charge in [0.05, 0.1) is 25.5 Å². The number of non-ortho nitro benzene ring substituents is 1. The number of nitrogens with two attached hydrogens (primary N) is 1. The maximum atomic E-state index is 11.9. The second kappa shape index (κ2) is 8.47. The number of nitro benzene ring substituents is 2. The van der Waals surface area contributed by atoms with Gasteiger partial charge in [-0.15, -0.1) is 11.8 Å². The standard InChI is InChI=1S/C15H10ClN3O7S/c16-10-6-9(18(22)23)2-3-12(10)26-14(20)7-27-13-4-1-8(15(17)21)5-11(13)19(24)25/h1-6H,7H2,(H2,17,21). The van der Waals surface area contributed by atoms with Gasteiger partial charge in [0.15, 0.2) is 0 Å². The van der Waals surface area contributed by atoms with E-state index in [4.69, 9.17) is 22.1 Å². The Hall–Kier alpha value is -3.18. The third-order valence-corrected chi connectivity index (χ3v) is 4.47. The molecule has 0 heterocycles. The van der Waals surface area contributed by atoms with Gasteiger partial charge in [-0.05, 0) is 18.2 Å². The summed E-state index contributed by atoms with van der Waals surface area (Å²) in [6.45, 7) is 0. The SMILES string of the molecule is NC(=O)c1ccc(SCC(=O)Oc2ccc([N+](=O)[O-])cc2Cl)c([N+](=O)[O-])c1. The minimum atomic E-state index is -0.818. The lowest BCUT2D eigenvalue weighted by molar-refractivity contribution is -0.387. The second-order valence-electron chi connectivity index (χ2n) is 4.94. The van der Waals surface area contributed by atoms with Gasteiger partial charge in [0.25, 0.3) is 11.4 Å². The van der Waals surface area contributed by atoms with Crippen LogP contribution in [0.4, 0.5) is 11.4 Å². The topological polar surface area (TPSA) is 156 Å². The molecule has 0 saturated carbocycles. The highest BCUT2D eigenvalue weighted by molar-refractivity contribution is 8.00. The van der Waals surface area contributed by atoms with Crippen LogP contribution in [0.25, 0.3) is 0 Å². The summed E-state index contributed by atoms with van der Waals surface area (Å²) in [7, 11) is 0. The number of hydrogen-bond donors (Lipinski definition) is 1. The highest BCUT2D eigenvalue weighted by atomic mass is 35.5. The maximum absolute atomic E-state index is 11.9. The number of benzene rings is 2. The molecular weight excluding hydrogens is 402 g/mol. The van der Waals surface area contributed by atoms with E-state index in [1.54, 1.807) is 0 Å². The molecule has 0 atom stereocenters. The normalized spacial score (nSPS) is 10.3. The second-order valence-corrected chi connectivity index (χ2v) is 6.36. The monoisotopic (exact) mass is 411 g/mol. The van der Waals surface area contributed by atoms with Crippen molar-refractivity contribution < 1.29 is 24.2 Å². The van der Waals surface area contributed by atoms with Crippen LogP contribution in [-0.4, -0.2) is 27.5 Å². The van der Waals surface area contributed by atoms with Gasteiger partial charge >= 0.3 is 5.97 Å². The van der Waals surface area contributed by atoms with Gasteiger partial charge in [-0.2, -0.15) is 0 Å². The summed E-state index contributed by atoms with van der Waals surface area (Å²) in [5.74, 6) is -1.97. The Balaban J connectivity index is 2.09. The van der Waals surface area contributed by atoms with Crippen molar-refractivity contribution in [3.05, 3.63) is 67.2 Å². The van der Waals surface area contributed by atoms with E-state index >= 15 is 0 Å². The van der Waals surface area contributed by atoms with Crippen LogP contribution < -0.4 is 10.5 Å². The molecule has 0 aliphatic heterocycles. The summed E-state index contributed by atoms with van der Waals surface area (Å²) in [6.07, 6.45) is 0. The summed E-state index contributed by atoms with van der Waals surface area (Å²) in [5, 5.41) is 21.6. The lowest BCUT2D eigenvalue weighted by atomic mass is 10.2. The number of nitro groups is 2. The van der Waals surface area contributed by atoms with E-state index in [-0.39, 0.29) is 38.4 Å². The Labute approximate surface area is 160 Å². The quantitative estimate of drug-likeness (QED) is 0.239. The van der Waals surface area contributed by atoms with Gasteiger partial charge in [0.1, 0.15) is 5.75 Å². The molecule has 140 valence electrons. The number of carbonyl (C=O) groups excluding carboxylic acids is 2. The Bertz CT molecular complexity index is 951. The number of amides is 1. The molecule has 2 rings (SSSR count). The van der Waals surface area contributed by atoms with Gasteiger partial charge < -0.3 is 10.5 Å². The molecular formula is C15H10ClN3O7S. The molecule has 2 aromatic carbocycles. The van der Waals surface area contributed by atoms with E-state index in [9.17, 15) is 29.8 Å². The van der Waals surface area contributed by atoms with Gasteiger partial charge in [-0.1, -0.05) is 11.6 Å². The molecule has 0 aliphatic rings. The van der Waals surface area contributed by atoms with E-state index in [1.807, 2.05) is 0 Å². The Morgan fingerprint density at radius 3 is 2.37 bits per heavy atom. The van der Waals surface area contributed by atoms with Crippen LogP contribution in [0.1, 0.15) is 10.4 Å². The average Bonchev–Trinajstić information content (AvgIpc) is 2.61. The maximum Gasteiger partial charge on any atom is 0.321 e. The van der Waals surface area contributed by atoms with Crippen molar-refractivity contribution in [2.75, 3.05) is 5.75 Å².